The van der Waals surface area contributed by atoms with Gasteiger partial charge >= 0.3 is 6.18 Å². The highest BCUT2D eigenvalue weighted by molar-refractivity contribution is 7.98. The predicted molar refractivity (Wildman–Crippen MR) is 98.8 cm³/mol. The highest BCUT2D eigenvalue weighted by Crippen LogP contribution is 2.40. The number of carbonyl (C=O) groups is 1. The number of unbranched alkanes of at least 4 members (excludes halogenated alkanes) is 1. The number of carbonyl (C=O) groups excluding carboxylic acids is 1. The van der Waals surface area contributed by atoms with Gasteiger partial charge in [-0.05, 0) is 37.7 Å². The van der Waals surface area contributed by atoms with E-state index >= 15 is 0 Å². The predicted octanol–water partition coefficient (Wildman–Crippen LogP) is 4.96. The highest BCUT2D eigenvalue weighted by atomic mass is 32.2. The van der Waals surface area contributed by atoms with E-state index in [-0.39, 0.29) is 27.3 Å². The monoisotopic (exact) mass is 388 g/mol. The molecule has 1 amide bonds. The van der Waals surface area contributed by atoms with E-state index < -0.39 is 23.4 Å². The molecule has 1 aromatic carbocycles. The van der Waals surface area contributed by atoms with Gasteiger partial charge in [0.05, 0.1) is 5.56 Å². The van der Waals surface area contributed by atoms with Gasteiger partial charge in [0.1, 0.15) is 11.3 Å². The minimum Gasteiger partial charge on any atom is -0.506 e. The number of halogens is 3. The average molecular weight is 388 g/mol. The van der Waals surface area contributed by atoms with Crippen LogP contribution in [0.25, 0.3) is 5.76 Å². The second-order valence-corrected chi connectivity index (χ2v) is 6.52. The van der Waals surface area contributed by atoms with Crippen LogP contribution in [0.5, 0.6) is 0 Å². The van der Waals surface area contributed by atoms with Crippen LogP contribution in [0.1, 0.15) is 42.9 Å². The number of hydrogen-bond donors (Lipinski definition) is 3. The average Bonchev–Trinajstić information content (AvgIpc) is 2.58. The number of alkyl halides is 3. The fraction of sp³-hybridized carbons (Fsp3) is 0.444. The van der Waals surface area contributed by atoms with E-state index in [9.17, 15) is 23.1 Å². The molecule has 1 rings (SSSR count). The lowest BCUT2D eigenvalue weighted by atomic mass is 9.96. The lowest BCUT2D eigenvalue weighted by Gasteiger charge is -2.18. The molecule has 3 N–H and O–H groups in total. The summed E-state index contributed by atoms with van der Waals surface area (Å²) in [6.07, 6.45) is -1.24. The number of nitrogens with one attached hydrogen (secondary N) is 2. The third kappa shape index (κ3) is 4.81. The number of hydrogen-bond acceptors (Lipinski definition) is 4. The zero-order chi connectivity index (χ0) is 20.1. The first kappa shape index (κ1) is 22.1. The molecule has 0 atom stereocenters. The lowest BCUT2D eigenvalue weighted by Crippen LogP contribution is -2.26. The normalized spacial score (nSPS) is 12.6. The van der Waals surface area contributed by atoms with Crippen LogP contribution in [0.15, 0.2) is 22.6 Å². The minimum absolute atomic E-state index is 0.0158. The molecule has 0 spiro atoms. The Bertz CT molecular complexity index is 728. The van der Waals surface area contributed by atoms with E-state index in [4.69, 9.17) is 5.41 Å². The van der Waals surface area contributed by atoms with Crippen molar-refractivity contribution >= 4 is 29.1 Å². The molecule has 0 heterocycles. The molecule has 0 fully saturated rings. The van der Waals surface area contributed by atoms with Gasteiger partial charge in [0.25, 0.3) is 5.91 Å². The molecule has 0 bridgehead atoms. The summed E-state index contributed by atoms with van der Waals surface area (Å²) in [5, 5.41) is 21.1. The number of likely N-dealkylation sites (N-methyl/N-ethyl adjacent to an activating group) is 1. The number of aliphatic hydroxyl groups excluding tert-OH is 1. The number of thioether (sulfide) groups is 1. The van der Waals surface area contributed by atoms with E-state index in [0.717, 1.165) is 30.3 Å². The van der Waals surface area contributed by atoms with Gasteiger partial charge in [-0.25, -0.2) is 0 Å². The van der Waals surface area contributed by atoms with E-state index in [2.05, 4.69) is 5.32 Å². The standard InChI is InChI=1S/C18H23F3N2O2S/c1-5-6-7-13(22)14(17(25)23-3)15(24)11-8-9-12(18(19,20)21)16(26-4)10(11)2/h8-9,22,24H,5-7H2,1-4H3,(H,23,25). The quantitative estimate of drug-likeness (QED) is 0.267. The summed E-state index contributed by atoms with van der Waals surface area (Å²) in [6, 6.07) is 2.03. The first-order valence-corrected chi connectivity index (χ1v) is 9.30. The van der Waals surface area contributed by atoms with Crippen molar-refractivity contribution < 1.29 is 23.1 Å². The van der Waals surface area contributed by atoms with E-state index in [1.54, 1.807) is 0 Å². The van der Waals surface area contributed by atoms with Crippen LogP contribution in [-0.2, 0) is 11.0 Å². The fourth-order valence-corrected chi connectivity index (χ4v) is 3.38. The Labute approximate surface area is 155 Å². The molecule has 0 aliphatic rings. The Morgan fingerprint density at radius 3 is 2.42 bits per heavy atom. The SMILES string of the molecule is CCCCC(=N)C(C(=O)NC)=C(O)c1ccc(C(F)(F)F)c(SC)c1C. The van der Waals surface area contributed by atoms with Crippen molar-refractivity contribution in [2.45, 2.75) is 44.2 Å². The Morgan fingerprint density at radius 2 is 1.96 bits per heavy atom. The lowest BCUT2D eigenvalue weighted by molar-refractivity contribution is -0.139. The largest absolute Gasteiger partial charge is 0.506 e. The van der Waals surface area contributed by atoms with Crippen molar-refractivity contribution in [1.29, 1.82) is 5.41 Å². The van der Waals surface area contributed by atoms with Crippen LogP contribution >= 0.6 is 11.8 Å². The van der Waals surface area contributed by atoms with Crippen LogP contribution in [0.3, 0.4) is 0 Å². The van der Waals surface area contributed by atoms with Gasteiger partial charge in [0.2, 0.25) is 0 Å². The maximum atomic E-state index is 13.2. The Morgan fingerprint density at radius 1 is 1.35 bits per heavy atom. The second-order valence-electron chi connectivity index (χ2n) is 5.70. The molecular weight excluding hydrogens is 365 g/mol. The second kappa shape index (κ2) is 9.12. The maximum absolute atomic E-state index is 13.2. The molecule has 0 saturated carbocycles. The Balaban J connectivity index is 3.60. The van der Waals surface area contributed by atoms with Gasteiger partial charge in [-0.2, -0.15) is 13.2 Å². The van der Waals surface area contributed by atoms with Crippen LogP contribution in [-0.4, -0.2) is 30.0 Å². The van der Waals surface area contributed by atoms with Crippen molar-refractivity contribution in [1.82, 2.24) is 5.32 Å². The number of benzene rings is 1. The molecule has 1 aromatic rings. The fourth-order valence-electron chi connectivity index (χ4n) is 2.56. The molecule has 0 radical (unpaired) electrons. The Kier molecular flexibility index (Phi) is 7.74. The first-order chi connectivity index (χ1) is 12.1. The van der Waals surface area contributed by atoms with E-state index in [1.807, 2.05) is 6.92 Å². The van der Waals surface area contributed by atoms with Gasteiger partial charge in [0.15, 0.2) is 0 Å². The third-order valence-corrected chi connectivity index (χ3v) is 4.88. The third-order valence-electron chi connectivity index (χ3n) is 3.94. The summed E-state index contributed by atoms with van der Waals surface area (Å²) in [7, 11) is 1.37. The first-order valence-electron chi connectivity index (χ1n) is 8.08. The van der Waals surface area contributed by atoms with Crippen molar-refractivity contribution in [2.24, 2.45) is 0 Å². The van der Waals surface area contributed by atoms with Crippen LogP contribution in [0.4, 0.5) is 13.2 Å². The molecule has 0 saturated heterocycles. The zero-order valence-electron chi connectivity index (χ0n) is 15.2. The van der Waals surface area contributed by atoms with Crippen molar-refractivity contribution in [3.05, 3.63) is 34.4 Å². The molecule has 0 aromatic heterocycles. The topological polar surface area (TPSA) is 73.2 Å². The molecule has 0 aliphatic carbocycles. The van der Waals surface area contributed by atoms with Gasteiger partial charge < -0.3 is 15.8 Å². The summed E-state index contributed by atoms with van der Waals surface area (Å²) in [5.74, 6) is -1.12. The number of rotatable bonds is 7. The molecule has 4 nitrogen and oxygen atoms in total. The summed E-state index contributed by atoms with van der Waals surface area (Å²) in [4.78, 5) is 12.2. The van der Waals surface area contributed by atoms with Gasteiger partial charge in [0, 0.05) is 23.2 Å². The van der Waals surface area contributed by atoms with Crippen LogP contribution in [0, 0.1) is 12.3 Å². The van der Waals surface area contributed by atoms with E-state index in [1.165, 1.54) is 20.2 Å². The highest BCUT2D eigenvalue weighted by Gasteiger charge is 2.35. The molecule has 144 valence electrons. The summed E-state index contributed by atoms with van der Waals surface area (Å²) >= 11 is 0.921. The molecule has 0 unspecified atom stereocenters. The van der Waals surface area contributed by atoms with Crippen LogP contribution < -0.4 is 5.32 Å². The van der Waals surface area contributed by atoms with Gasteiger partial charge in [-0.3, -0.25) is 4.79 Å². The molecule has 0 aliphatic heterocycles. The molecule has 8 heteroatoms. The number of aliphatic hydroxyl groups is 1. The van der Waals surface area contributed by atoms with Gasteiger partial charge in [-0.15, -0.1) is 11.8 Å². The zero-order valence-corrected chi connectivity index (χ0v) is 16.0. The summed E-state index contributed by atoms with van der Waals surface area (Å²) in [5.41, 5.74) is -0.720. The molecule has 26 heavy (non-hydrogen) atoms. The van der Waals surface area contributed by atoms with E-state index in [0.29, 0.717) is 12.8 Å². The Hall–Kier alpha value is -1.96. The van der Waals surface area contributed by atoms with Crippen molar-refractivity contribution in [3.8, 4) is 0 Å². The summed E-state index contributed by atoms with van der Waals surface area (Å²) < 4.78 is 39.5. The maximum Gasteiger partial charge on any atom is 0.417 e. The summed E-state index contributed by atoms with van der Waals surface area (Å²) in [6.45, 7) is 3.39. The van der Waals surface area contributed by atoms with Crippen LogP contribution in [0.2, 0.25) is 0 Å². The van der Waals surface area contributed by atoms with Crippen molar-refractivity contribution in [3.63, 3.8) is 0 Å². The van der Waals surface area contributed by atoms with Gasteiger partial charge in [-0.1, -0.05) is 19.4 Å². The minimum atomic E-state index is -4.52. The smallest absolute Gasteiger partial charge is 0.417 e. The molecular formula is C18H23F3N2O2S. The van der Waals surface area contributed by atoms with Crippen molar-refractivity contribution in [2.75, 3.05) is 13.3 Å². The number of amides is 1.